The minimum Gasteiger partial charge on any atom is -0.456 e. The van der Waals surface area contributed by atoms with Gasteiger partial charge in [-0.15, -0.1) is 0 Å². The van der Waals surface area contributed by atoms with E-state index in [1.165, 1.54) is 21.8 Å². The van der Waals surface area contributed by atoms with Gasteiger partial charge >= 0.3 is 0 Å². The highest BCUT2D eigenvalue weighted by atomic mass is 16.3. The zero-order valence-corrected chi connectivity index (χ0v) is 30.3. The summed E-state index contributed by atoms with van der Waals surface area (Å²) in [4.78, 5) is 19.6. The van der Waals surface area contributed by atoms with Crippen molar-refractivity contribution >= 4 is 65.8 Å². The Morgan fingerprint density at radius 3 is 1.61 bits per heavy atom. The first-order valence-corrected chi connectivity index (χ1v) is 18.9. The van der Waals surface area contributed by atoms with Crippen molar-refractivity contribution in [3.63, 3.8) is 0 Å². The molecule has 0 fully saturated rings. The molecule has 5 heterocycles. The number of nitrogens with zero attached hydrogens (tertiary/aromatic N) is 5. The van der Waals surface area contributed by atoms with Crippen molar-refractivity contribution in [3.8, 4) is 51.0 Å². The molecule has 0 aliphatic heterocycles. The van der Waals surface area contributed by atoms with Crippen LogP contribution in [0.15, 0.2) is 185 Å². The average Bonchev–Trinajstić information content (AvgIpc) is 3.95. The third-order valence-corrected chi connectivity index (χ3v) is 11.0. The highest BCUT2D eigenvalue weighted by Crippen LogP contribution is 2.36. The van der Waals surface area contributed by atoms with Crippen molar-refractivity contribution in [1.29, 1.82) is 0 Å². The molecule has 266 valence electrons. The standard InChI is InChI=1S/C50H29N5O2/c1-4-12-42-36(8-1)37-9-2-5-13-43(37)55(42)35-23-19-31(20-24-35)30-15-17-32(18-16-30)47-52-48(33-22-26-45-41(28-33)38-10-3-6-14-44(38)56-45)54-49(53-47)34-21-25-39-40-11-7-27-51-50(40)57-46(39)29-34/h1-29H. The number of hydrogen-bond acceptors (Lipinski definition) is 6. The van der Waals surface area contributed by atoms with Gasteiger partial charge in [-0.3, -0.25) is 0 Å². The lowest BCUT2D eigenvalue weighted by Gasteiger charge is -2.11. The van der Waals surface area contributed by atoms with Crippen molar-refractivity contribution in [1.82, 2.24) is 24.5 Å². The number of fused-ring (bicyclic) bond motifs is 9. The van der Waals surface area contributed by atoms with Crippen LogP contribution in [0.4, 0.5) is 0 Å². The minimum atomic E-state index is 0.548. The zero-order valence-electron chi connectivity index (χ0n) is 30.3. The van der Waals surface area contributed by atoms with Crippen LogP contribution >= 0.6 is 0 Å². The summed E-state index contributed by atoms with van der Waals surface area (Å²) in [6.07, 6.45) is 1.74. The third kappa shape index (κ3) is 5.06. The lowest BCUT2D eigenvalue weighted by molar-refractivity contribution is 0.654. The lowest BCUT2D eigenvalue weighted by atomic mass is 10.0. The topological polar surface area (TPSA) is 82.8 Å². The molecule has 0 saturated carbocycles. The SMILES string of the molecule is c1ccc2c(c1)oc1ccc(-c3nc(-c4ccc(-c5ccc(-n6c7ccccc7c7ccccc76)cc5)cc4)nc(-c4ccc5c(c4)oc4ncccc45)n3)cc12. The van der Waals surface area contributed by atoms with Gasteiger partial charge in [0.05, 0.1) is 11.0 Å². The van der Waals surface area contributed by atoms with Crippen molar-refractivity contribution in [3.05, 3.63) is 176 Å². The molecule has 12 aromatic rings. The molecule has 7 nitrogen and oxygen atoms in total. The summed E-state index contributed by atoms with van der Waals surface area (Å²) >= 11 is 0. The first-order chi connectivity index (χ1) is 28.2. The molecule has 0 N–H and O–H groups in total. The number of furan rings is 2. The Balaban J connectivity index is 0.944. The number of aromatic nitrogens is 5. The van der Waals surface area contributed by atoms with E-state index in [2.05, 4.69) is 119 Å². The predicted molar refractivity (Wildman–Crippen MR) is 228 cm³/mol. The summed E-state index contributed by atoms with van der Waals surface area (Å²) in [5.74, 6) is 1.69. The predicted octanol–water partition coefficient (Wildman–Crippen LogP) is 12.8. The molecular formula is C50H29N5O2. The second kappa shape index (κ2) is 12.3. The van der Waals surface area contributed by atoms with E-state index in [9.17, 15) is 0 Å². The molecule has 0 amide bonds. The van der Waals surface area contributed by atoms with E-state index in [0.29, 0.717) is 23.2 Å². The van der Waals surface area contributed by atoms with Gasteiger partial charge in [0, 0.05) is 60.9 Å². The van der Waals surface area contributed by atoms with Gasteiger partial charge in [-0.1, -0.05) is 97.1 Å². The fraction of sp³-hybridized carbons (Fsp3) is 0. The summed E-state index contributed by atoms with van der Waals surface area (Å²) in [7, 11) is 0. The molecule has 0 spiro atoms. The second-order valence-electron chi connectivity index (χ2n) is 14.3. The Morgan fingerprint density at radius 2 is 0.877 bits per heavy atom. The number of pyridine rings is 1. The Bertz CT molecular complexity index is 3470. The lowest BCUT2D eigenvalue weighted by Crippen LogP contribution is -2.00. The summed E-state index contributed by atoms with van der Waals surface area (Å²) in [6.45, 7) is 0. The fourth-order valence-electron chi connectivity index (χ4n) is 8.19. The van der Waals surface area contributed by atoms with Gasteiger partial charge in [0.15, 0.2) is 17.5 Å². The van der Waals surface area contributed by atoms with E-state index < -0.39 is 0 Å². The van der Waals surface area contributed by atoms with E-state index in [0.717, 1.165) is 71.8 Å². The highest BCUT2D eigenvalue weighted by Gasteiger charge is 2.17. The summed E-state index contributed by atoms with van der Waals surface area (Å²) < 4.78 is 14.6. The number of benzene rings is 7. The van der Waals surface area contributed by atoms with Crippen molar-refractivity contribution in [2.75, 3.05) is 0 Å². The molecular weight excluding hydrogens is 703 g/mol. The van der Waals surface area contributed by atoms with Gasteiger partial charge in [0.2, 0.25) is 5.71 Å². The van der Waals surface area contributed by atoms with Crippen LogP contribution in [-0.2, 0) is 0 Å². The number of para-hydroxylation sites is 3. The Morgan fingerprint density at radius 1 is 0.351 bits per heavy atom. The maximum absolute atomic E-state index is 6.15. The summed E-state index contributed by atoms with van der Waals surface area (Å²) in [5, 5.41) is 6.52. The van der Waals surface area contributed by atoms with Gasteiger partial charge in [0.25, 0.3) is 0 Å². The van der Waals surface area contributed by atoms with Crippen LogP contribution in [0.25, 0.3) is 117 Å². The van der Waals surface area contributed by atoms with Crippen LogP contribution in [0.1, 0.15) is 0 Å². The van der Waals surface area contributed by atoms with E-state index in [1.807, 2.05) is 60.7 Å². The molecule has 0 unspecified atom stereocenters. The normalized spacial score (nSPS) is 11.9. The van der Waals surface area contributed by atoms with E-state index >= 15 is 0 Å². The summed E-state index contributed by atoms with van der Waals surface area (Å²) in [6, 6.07) is 58.5. The van der Waals surface area contributed by atoms with Gasteiger partial charge in [-0.25, -0.2) is 19.9 Å². The van der Waals surface area contributed by atoms with Crippen LogP contribution in [0, 0.1) is 0 Å². The number of rotatable bonds is 5. The molecule has 7 aromatic carbocycles. The highest BCUT2D eigenvalue weighted by molar-refractivity contribution is 6.09. The minimum absolute atomic E-state index is 0.548. The average molecular weight is 732 g/mol. The van der Waals surface area contributed by atoms with Crippen LogP contribution in [-0.4, -0.2) is 24.5 Å². The first kappa shape index (κ1) is 31.5. The van der Waals surface area contributed by atoms with E-state index in [1.54, 1.807) is 6.20 Å². The smallest absolute Gasteiger partial charge is 0.227 e. The van der Waals surface area contributed by atoms with Gasteiger partial charge in [0.1, 0.15) is 16.7 Å². The fourth-order valence-corrected chi connectivity index (χ4v) is 8.19. The molecule has 5 aromatic heterocycles. The van der Waals surface area contributed by atoms with Crippen molar-refractivity contribution < 1.29 is 8.83 Å². The van der Waals surface area contributed by atoms with Crippen molar-refractivity contribution in [2.24, 2.45) is 0 Å². The Labute approximate surface area is 325 Å². The largest absolute Gasteiger partial charge is 0.456 e. The maximum Gasteiger partial charge on any atom is 0.227 e. The van der Waals surface area contributed by atoms with E-state index in [4.69, 9.17) is 23.8 Å². The molecule has 0 bridgehead atoms. The van der Waals surface area contributed by atoms with Crippen LogP contribution in [0.3, 0.4) is 0 Å². The van der Waals surface area contributed by atoms with Gasteiger partial charge in [-0.05, 0) is 83.9 Å². The monoisotopic (exact) mass is 731 g/mol. The molecule has 0 aliphatic carbocycles. The molecule has 7 heteroatoms. The molecule has 0 aliphatic rings. The molecule has 57 heavy (non-hydrogen) atoms. The van der Waals surface area contributed by atoms with Crippen LogP contribution in [0.2, 0.25) is 0 Å². The molecule has 0 radical (unpaired) electrons. The Hall–Kier alpha value is -7.90. The maximum atomic E-state index is 6.15. The van der Waals surface area contributed by atoms with E-state index in [-0.39, 0.29) is 0 Å². The third-order valence-electron chi connectivity index (χ3n) is 11.0. The zero-order chi connectivity index (χ0) is 37.5. The molecule has 0 saturated heterocycles. The summed E-state index contributed by atoms with van der Waals surface area (Å²) in [5.41, 5.74) is 11.3. The van der Waals surface area contributed by atoms with Gasteiger partial charge in [-0.2, -0.15) is 0 Å². The molecule has 12 rings (SSSR count). The Kier molecular flexibility index (Phi) is 6.79. The van der Waals surface area contributed by atoms with Gasteiger partial charge < -0.3 is 13.4 Å². The number of hydrogen-bond donors (Lipinski definition) is 0. The first-order valence-electron chi connectivity index (χ1n) is 18.9. The van der Waals surface area contributed by atoms with Crippen LogP contribution in [0.5, 0.6) is 0 Å². The van der Waals surface area contributed by atoms with Crippen molar-refractivity contribution in [2.45, 2.75) is 0 Å². The quantitative estimate of drug-likeness (QED) is 0.175. The van der Waals surface area contributed by atoms with Crippen LogP contribution < -0.4 is 0 Å². The second-order valence-corrected chi connectivity index (χ2v) is 14.3. The molecule has 0 atom stereocenters.